The Labute approximate surface area is 269 Å². The zero-order valence-corrected chi connectivity index (χ0v) is 25.2. The van der Waals surface area contributed by atoms with Gasteiger partial charge in [-0.15, -0.1) is 0 Å². The van der Waals surface area contributed by atoms with Gasteiger partial charge < -0.3 is 4.74 Å². The zero-order chi connectivity index (χ0) is 34.8. The summed E-state index contributed by atoms with van der Waals surface area (Å²) in [5.41, 5.74) is -2.59. The minimum Gasteiger partial charge on any atom is -0.429 e. The van der Waals surface area contributed by atoms with Gasteiger partial charge in [0.2, 0.25) is 0 Å². The first-order valence-electron chi connectivity index (χ1n) is 14.8. The van der Waals surface area contributed by atoms with Crippen molar-refractivity contribution in [3.05, 3.63) is 137 Å². The highest BCUT2D eigenvalue weighted by Crippen LogP contribution is 2.38. The van der Waals surface area contributed by atoms with E-state index in [0.29, 0.717) is 35.2 Å². The largest absolute Gasteiger partial charge is 0.429 e. The Kier molecular flexibility index (Phi) is 9.89. The van der Waals surface area contributed by atoms with Crippen LogP contribution in [0.15, 0.2) is 91.0 Å². The van der Waals surface area contributed by atoms with Crippen molar-refractivity contribution in [2.24, 2.45) is 0 Å². The Hall–Kier alpha value is -4.80. The fraction of sp³-hybridized carbons (Fsp3) is 0.189. The molecule has 0 fully saturated rings. The minimum atomic E-state index is -5.29. The van der Waals surface area contributed by atoms with E-state index in [2.05, 4.69) is 0 Å². The van der Waals surface area contributed by atoms with E-state index >= 15 is 4.39 Å². The molecule has 0 bridgehead atoms. The SMILES string of the molecule is CCCCCc1ccc(C(F)(F)Oc2ccc(-c3ccc(-c4ccc(-c5cc(F)c(C(F)(F)F)c(F)c5)c(F)c4)c(F)c3)cc2)c(F)c1. The first-order valence-corrected chi connectivity index (χ1v) is 14.8. The van der Waals surface area contributed by atoms with Gasteiger partial charge in [-0.3, -0.25) is 0 Å². The van der Waals surface area contributed by atoms with Crippen LogP contribution in [0.5, 0.6) is 5.75 Å². The van der Waals surface area contributed by atoms with Gasteiger partial charge in [0, 0.05) is 11.1 Å². The lowest BCUT2D eigenvalue weighted by Crippen LogP contribution is -2.23. The molecule has 0 saturated heterocycles. The molecule has 0 aromatic heterocycles. The number of alkyl halides is 5. The van der Waals surface area contributed by atoms with Gasteiger partial charge in [-0.25, -0.2) is 22.0 Å². The first-order chi connectivity index (χ1) is 22.7. The molecule has 0 spiro atoms. The van der Waals surface area contributed by atoms with E-state index in [1.165, 1.54) is 48.5 Å². The average molecular weight is 677 g/mol. The molecule has 0 atom stereocenters. The second-order valence-electron chi connectivity index (χ2n) is 11.1. The molecule has 48 heavy (non-hydrogen) atoms. The summed E-state index contributed by atoms with van der Waals surface area (Å²) in [6.07, 6.45) is -5.97. The molecule has 0 aliphatic heterocycles. The molecule has 5 rings (SSSR count). The van der Waals surface area contributed by atoms with Crippen molar-refractivity contribution < 1.29 is 48.6 Å². The lowest BCUT2D eigenvalue weighted by Gasteiger charge is -2.19. The van der Waals surface area contributed by atoms with Crippen LogP contribution in [0.2, 0.25) is 0 Å². The van der Waals surface area contributed by atoms with E-state index in [-0.39, 0.29) is 16.9 Å². The molecule has 0 heterocycles. The highest BCUT2D eigenvalue weighted by molar-refractivity contribution is 5.74. The van der Waals surface area contributed by atoms with Crippen molar-refractivity contribution in [2.45, 2.75) is 44.9 Å². The summed E-state index contributed by atoms with van der Waals surface area (Å²) < 4.78 is 146. The van der Waals surface area contributed by atoms with Crippen molar-refractivity contribution in [3.8, 4) is 39.1 Å². The maximum atomic E-state index is 15.2. The molecular formula is C37H26F10O. The second kappa shape index (κ2) is 13.7. The Morgan fingerprint density at radius 3 is 1.62 bits per heavy atom. The van der Waals surface area contributed by atoms with Crippen LogP contribution in [-0.2, 0) is 18.7 Å². The molecule has 1 nitrogen and oxygen atoms in total. The molecular weight excluding hydrogens is 650 g/mol. The van der Waals surface area contributed by atoms with Crippen LogP contribution in [0.3, 0.4) is 0 Å². The molecule has 0 amide bonds. The van der Waals surface area contributed by atoms with E-state index in [0.717, 1.165) is 49.6 Å². The summed E-state index contributed by atoms with van der Waals surface area (Å²) in [7, 11) is 0. The van der Waals surface area contributed by atoms with Crippen molar-refractivity contribution in [3.63, 3.8) is 0 Å². The topological polar surface area (TPSA) is 9.23 Å². The summed E-state index contributed by atoms with van der Waals surface area (Å²) in [6.45, 7) is 2.02. The van der Waals surface area contributed by atoms with Gasteiger partial charge in [-0.05, 0) is 89.2 Å². The third-order valence-electron chi connectivity index (χ3n) is 7.74. The first kappa shape index (κ1) is 34.5. The molecule has 5 aromatic rings. The molecule has 0 radical (unpaired) electrons. The standard InChI is InChI=1S/C37H26F10O/c1-2-3-4-5-21-6-15-29(32(40)16-21)37(46,47)48-26-11-7-22(8-12-26)23-9-13-27(30(38)17-23)24-10-14-28(31(39)18-24)25-19-33(41)35(34(42)20-25)36(43,44)45/h6-20H,2-5H2,1H3. The monoisotopic (exact) mass is 676 g/mol. The van der Waals surface area contributed by atoms with E-state index in [4.69, 9.17) is 4.74 Å². The summed E-state index contributed by atoms with van der Waals surface area (Å²) in [6, 6.07) is 16.5. The van der Waals surface area contributed by atoms with Crippen LogP contribution in [0.25, 0.3) is 33.4 Å². The number of benzene rings is 5. The van der Waals surface area contributed by atoms with E-state index < -0.39 is 63.6 Å². The van der Waals surface area contributed by atoms with Crippen molar-refractivity contribution in [2.75, 3.05) is 0 Å². The third-order valence-corrected chi connectivity index (χ3v) is 7.74. The van der Waals surface area contributed by atoms with Crippen LogP contribution in [-0.4, -0.2) is 0 Å². The van der Waals surface area contributed by atoms with Gasteiger partial charge in [0.25, 0.3) is 0 Å². The number of halogens is 10. The lowest BCUT2D eigenvalue weighted by atomic mass is 9.96. The van der Waals surface area contributed by atoms with Crippen molar-refractivity contribution in [1.29, 1.82) is 0 Å². The maximum absolute atomic E-state index is 15.2. The molecule has 0 aliphatic carbocycles. The maximum Gasteiger partial charge on any atom is 0.429 e. The normalized spacial score (nSPS) is 12.0. The Morgan fingerprint density at radius 1 is 0.521 bits per heavy atom. The van der Waals surface area contributed by atoms with Gasteiger partial charge >= 0.3 is 12.3 Å². The smallest absolute Gasteiger partial charge is 0.429 e. The number of rotatable bonds is 10. The Balaban J connectivity index is 1.31. The van der Waals surface area contributed by atoms with Crippen LogP contribution in [0.1, 0.15) is 42.9 Å². The van der Waals surface area contributed by atoms with Gasteiger partial charge in [-0.1, -0.05) is 62.2 Å². The van der Waals surface area contributed by atoms with Crippen molar-refractivity contribution >= 4 is 0 Å². The Bertz CT molecular complexity index is 1910. The highest BCUT2D eigenvalue weighted by atomic mass is 19.4. The molecule has 5 aromatic carbocycles. The van der Waals surface area contributed by atoms with Crippen molar-refractivity contribution in [1.82, 2.24) is 0 Å². The number of aryl methyl sites for hydroxylation is 1. The summed E-state index contributed by atoms with van der Waals surface area (Å²) in [5, 5.41) is 0. The molecule has 0 aliphatic rings. The Morgan fingerprint density at radius 2 is 1.06 bits per heavy atom. The van der Waals surface area contributed by atoms with Crippen LogP contribution in [0.4, 0.5) is 43.9 Å². The van der Waals surface area contributed by atoms with Gasteiger partial charge in [0.15, 0.2) is 0 Å². The van der Waals surface area contributed by atoms with Gasteiger partial charge in [-0.2, -0.15) is 22.0 Å². The summed E-state index contributed by atoms with van der Waals surface area (Å²) >= 11 is 0. The van der Waals surface area contributed by atoms with Crippen LogP contribution >= 0.6 is 0 Å². The lowest BCUT2D eigenvalue weighted by molar-refractivity contribution is -0.187. The van der Waals surface area contributed by atoms with E-state index in [1.807, 2.05) is 6.92 Å². The van der Waals surface area contributed by atoms with Crippen LogP contribution in [0, 0.1) is 29.1 Å². The highest BCUT2D eigenvalue weighted by Gasteiger charge is 2.39. The number of hydrogen-bond donors (Lipinski definition) is 0. The number of unbranched alkanes of at least 4 members (excludes halogenated alkanes) is 2. The van der Waals surface area contributed by atoms with E-state index in [9.17, 15) is 39.5 Å². The average Bonchev–Trinajstić information content (AvgIpc) is 3.00. The molecule has 11 heteroatoms. The van der Waals surface area contributed by atoms with Gasteiger partial charge in [0.1, 0.15) is 40.4 Å². The predicted octanol–water partition coefficient (Wildman–Crippen LogP) is 12.3. The molecule has 0 unspecified atom stereocenters. The minimum absolute atomic E-state index is 0.0281. The summed E-state index contributed by atoms with van der Waals surface area (Å²) in [5.74, 6) is -7.04. The number of hydrogen-bond acceptors (Lipinski definition) is 1. The molecule has 0 saturated carbocycles. The van der Waals surface area contributed by atoms with E-state index in [1.54, 1.807) is 0 Å². The van der Waals surface area contributed by atoms with Crippen LogP contribution < -0.4 is 4.74 Å². The molecule has 0 N–H and O–H groups in total. The zero-order valence-electron chi connectivity index (χ0n) is 25.2. The number of ether oxygens (including phenoxy) is 1. The second-order valence-corrected chi connectivity index (χ2v) is 11.1. The summed E-state index contributed by atoms with van der Waals surface area (Å²) in [4.78, 5) is 0. The fourth-order valence-corrected chi connectivity index (χ4v) is 5.29. The third kappa shape index (κ3) is 7.50. The fourth-order valence-electron chi connectivity index (χ4n) is 5.29. The quantitative estimate of drug-likeness (QED) is 0.106. The predicted molar refractivity (Wildman–Crippen MR) is 162 cm³/mol. The van der Waals surface area contributed by atoms with Gasteiger partial charge in [0.05, 0.1) is 5.56 Å². The molecule has 250 valence electrons.